The van der Waals surface area contributed by atoms with Crippen molar-refractivity contribution in [3.8, 4) is 0 Å². The van der Waals surface area contributed by atoms with Gasteiger partial charge in [-0.05, 0) is 68.8 Å². The van der Waals surface area contributed by atoms with Crippen LogP contribution in [-0.2, 0) is 22.3 Å². The highest BCUT2D eigenvalue weighted by atomic mass is 19.4. The molecule has 1 atom stereocenters. The molecule has 0 saturated carbocycles. The molecule has 0 unspecified atom stereocenters. The number of hydrogen-bond donors (Lipinski definition) is 1. The number of unbranched alkanes of at least 4 members (excludes halogenated alkanes) is 2. The molecule has 0 fully saturated rings. The Morgan fingerprint density at radius 3 is 2.21 bits per heavy atom. The van der Waals surface area contributed by atoms with Gasteiger partial charge in [-0.15, -0.1) is 0 Å². The summed E-state index contributed by atoms with van der Waals surface area (Å²) in [5.74, 6) is -0.430. The van der Waals surface area contributed by atoms with Crippen molar-refractivity contribution in [3.63, 3.8) is 0 Å². The Morgan fingerprint density at radius 1 is 1.00 bits per heavy atom. The van der Waals surface area contributed by atoms with E-state index >= 15 is 0 Å². The van der Waals surface area contributed by atoms with Crippen molar-refractivity contribution in [2.45, 2.75) is 51.4 Å². The molecule has 0 aliphatic heterocycles. The first-order valence-corrected chi connectivity index (χ1v) is 10.9. The van der Waals surface area contributed by atoms with E-state index in [0.29, 0.717) is 18.5 Å². The van der Waals surface area contributed by atoms with Gasteiger partial charge in [-0.1, -0.05) is 30.7 Å². The number of nitrogens with one attached hydrogen (secondary N) is 1. The van der Waals surface area contributed by atoms with Gasteiger partial charge in [-0.2, -0.15) is 13.2 Å². The fourth-order valence-electron chi connectivity index (χ4n) is 3.46. The number of carbonyl (C=O) groups excluding carboxylic acids is 2. The Labute approximate surface area is 192 Å². The number of alkyl halides is 3. The minimum atomic E-state index is -4.32. The first kappa shape index (κ1) is 26.4. The Kier molecular flexibility index (Phi) is 9.91. The van der Waals surface area contributed by atoms with E-state index in [4.69, 9.17) is 0 Å². The van der Waals surface area contributed by atoms with Gasteiger partial charge < -0.3 is 15.0 Å². The molecule has 2 aromatic carbocycles. The van der Waals surface area contributed by atoms with Crippen LogP contribution in [0.5, 0.6) is 0 Å². The highest BCUT2D eigenvalue weighted by molar-refractivity contribution is 5.89. The minimum Gasteiger partial charge on any atom is -0.465 e. The van der Waals surface area contributed by atoms with Crippen LogP contribution in [0.15, 0.2) is 48.5 Å². The number of methoxy groups -OCH3 is 1. The minimum absolute atomic E-state index is 0.0300. The molecule has 1 amide bonds. The van der Waals surface area contributed by atoms with Gasteiger partial charge >= 0.3 is 12.1 Å². The summed E-state index contributed by atoms with van der Waals surface area (Å²) in [6.45, 7) is 3.26. The molecule has 2 aromatic rings. The number of ether oxygens (including phenoxy) is 1. The van der Waals surface area contributed by atoms with E-state index in [0.717, 1.165) is 49.1 Å². The van der Waals surface area contributed by atoms with Crippen molar-refractivity contribution in [1.82, 2.24) is 10.2 Å². The van der Waals surface area contributed by atoms with Crippen molar-refractivity contribution in [1.29, 1.82) is 0 Å². The second-order valence-corrected chi connectivity index (χ2v) is 8.15. The fourth-order valence-corrected chi connectivity index (χ4v) is 3.46. The summed E-state index contributed by atoms with van der Waals surface area (Å²) in [5.41, 5.74) is 1.56. The highest BCUT2D eigenvalue weighted by Gasteiger charge is 2.29. The number of carbonyl (C=O) groups is 2. The van der Waals surface area contributed by atoms with Gasteiger partial charge in [0.15, 0.2) is 0 Å². The van der Waals surface area contributed by atoms with Crippen LogP contribution in [0.3, 0.4) is 0 Å². The molecule has 1 N–H and O–H groups in total. The van der Waals surface area contributed by atoms with Gasteiger partial charge in [0.05, 0.1) is 24.3 Å². The van der Waals surface area contributed by atoms with E-state index in [9.17, 15) is 22.8 Å². The van der Waals surface area contributed by atoms with Crippen LogP contribution in [-0.4, -0.2) is 37.5 Å². The third-order valence-corrected chi connectivity index (χ3v) is 5.39. The van der Waals surface area contributed by atoms with E-state index in [1.165, 1.54) is 19.2 Å². The molecule has 0 heterocycles. The topological polar surface area (TPSA) is 58.6 Å². The third-order valence-electron chi connectivity index (χ3n) is 5.39. The average molecular weight is 465 g/mol. The van der Waals surface area contributed by atoms with Gasteiger partial charge in [0.1, 0.15) is 0 Å². The second-order valence-electron chi connectivity index (χ2n) is 8.15. The summed E-state index contributed by atoms with van der Waals surface area (Å²) in [6.07, 6.45) is -1.35. The van der Waals surface area contributed by atoms with Gasteiger partial charge in [0.25, 0.3) is 0 Å². The molecule has 0 bridgehead atoms. The van der Waals surface area contributed by atoms with Crippen molar-refractivity contribution in [2.24, 2.45) is 0 Å². The van der Waals surface area contributed by atoms with Crippen molar-refractivity contribution in [2.75, 3.05) is 20.7 Å². The summed E-state index contributed by atoms with van der Waals surface area (Å²) < 4.78 is 42.6. The molecular formula is C25H31F3N2O3. The summed E-state index contributed by atoms with van der Waals surface area (Å²) in [5, 5.41) is 2.96. The lowest BCUT2D eigenvalue weighted by Gasteiger charge is -2.17. The summed E-state index contributed by atoms with van der Waals surface area (Å²) >= 11 is 0. The quantitative estimate of drug-likeness (QED) is 0.359. The Balaban J connectivity index is 1.64. The maximum atomic E-state index is 12.6. The van der Waals surface area contributed by atoms with Crippen molar-refractivity contribution >= 4 is 11.9 Å². The van der Waals surface area contributed by atoms with E-state index in [1.807, 2.05) is 14.0 Å². The number of nitrogens with zero attached hydrogens (tertiary/aromatic N) is 1. The van der Waals surface area contributed by atoms with Crippen LogP contribution in [0.4, 0.5) is 13.2 Å². The molecule has 0 aliphatic carbocycles. The lowest BCUT2D eigenvalue weighted by molar-refractivity contribution is -0.137. The van der Waals surface area contributed by atoms with E-state index in [1.54, 1.807) is 24.3 Å². The van der Waals surface area contributed by atoms with E-state index in [-0.39, 0.29) is 11.9 Å². The summed E-state index contributed by atoms with van der Waals surface area (Å²) in [7, 11) is 3.26. The average Bonchev–Trinajstić information content (AvgIpc) is 2.78. The number of hydrogen-bond acceptors (Lipinski definition) is 4. The molecule has 180 valence electrons. The molecule has 5 nitrogen and oxygen atoms in total. The molecule has 0 spiro atoms. The van der Waals surface area contributed by atoms with Gasteiger partial charge in [0, 0.05) is 13.0 Å². The predicted octanol–water partition coefficient (Wildman–Crippen LogP) is 5.36. The van der Waals surface area contributed by atoms with Crippen LogP contribution in [0.1, 0.15) is 65.7 Å². The standard InChI is InChI=1S/C25H31F3N2O3/c1-18(20-10-12-21(13-11-20)24(32)33-3)29-23(31)7-5-4-6-16-30(2)17-19-8-14-22(15-9-19)25(26,27)28/h8-15,18H,4-7,16-17H2,1-3H3,(H,29,31)/t18-/m0/s1. The zero-order valence-electron chi connectivity index (χ0n) is 19.2. The summed E-state index contributed by atoms with van der Waals surface area (Å²) in [4.78, 5) is 25.8. The van der Waals surface area contributed by atoms with Crippen LogP contribution in [0.25, 0.3) is 0 Å². The number of halogens is 3. The van der Waals surface area contributed by atoms with Crippen molar-refractivity contribution < 1.29 is 27.5 Å². The second kappa shape index (κ2) is 12.4. The first-order valence-electron chi connectivity index (χ1n) is 10.9. The largest absolute Gasteiger partial charge is 0.465 e. The molecule has 0 saturated heterocycles. The van der Waals surface area contributed by atoms with Crippen LogP contribution >= 0.6 is 0 Å². The number of esters is 1. The van der Waals surface area contributed by atoms with Crippen molar-refractivity contribution in [3.05, 3.63) is 70.8 Å². The molecule has 0 aliphatic rings. The van der Waals surface area contributed by atoms with Crippen LogP contribution < -0.4 is 5.32 Å². The smallest absolute Gasteiger partial charge is 0.416 e. The normalized spacial score (nSPS) is 12.5. The molecule has 8 heteroatoms. The van der Waals surface area contributed by atoms with Gasteiger partial charge in [0.2, 0.25) is 5.91 Å². The van der Waals surface area contributed by atoms with Crippen LogP contribution in [0.2, 0.25) is 0 Å². The lowest BCUT2D eigenvalue weighted by atomic mass is 10.1. The molecule has 2 rings (SSSR count). The first-order chi connectivity index (χ1) is 15.6. The fraction of sp³-hybridized carbons (Fsp3) is 0.440. The SMILES string of the molecule is COC(=O)c1ccc([C@H](C)NC(=O)CCCCCN(C)Cc2ccc(C(F)(F)F)cc2)cc1. The number of amides is 1. The zero-order valence-corrected chi connectivity index (χ0v) is 19.2. The Hall–Kier alpha value is -2.87. The highest BCUT2D eigenvalue weighted by Crippen LogP contribution is 2.29. The Morgan fingerprint density at radius 2 is 1.64 bits per heavy atom. The Bertz CT molecular complexity index is 897. The van der Waals surface area contributed by atoms with Gasteiger partial charge in [-0.3, -0.25) is 4.79 Å². The molecule has 33 heavy (non-hydrogen) atoms. The number of benzene rings is 2. The monoisotopic (exact) mass is 464 g/mol. The van der Waals surface area contributed by atoms with E-state index in [2.05, 4.69) is 15.0 Å². The predicted molar refractivity (Wildman–Crippen MR) is 121 cm³/mol. The maximum absolute atomic E-state index is 12.6. The maximum Gasteiger partial charge on any atom is 0.416 e. The zero-order chi connectivity index (χ0) is 24.4. The third kappa shape index (κ3) is 8.88. The van der Waals surface area contributed by atoms with E-state index < -0.39 is 17.7 Å². The molecular weight excluding hydrogens is 433 g/mol. The molecule has 0 aromatic heterocycles. The summed E-state index contributed by atoms with van der Waals surface area (Å²) in [6, 6.07) is 12.0. The van der Waals surface area contributed by atoms with Gasteiger partial charge in [-0.25, -0.2) is 4.79 Å². The lowest BCUT2D eigenvalue weighted by Crippen LogP contribution is -2.26. The van der Waals surface area contributed by atoms with Crippen LogP contribution in [0, 0.1) is 0 Å². The number of rotatable bonds is 11. The molecule has 0 radical (unpaired) electrons.